The van der Waals surface area contributed by atoms with E-state index in [1.807, 2.05) is 0 Å². The molecule has 2 aromatic rings. The smallest absolute Gasteiger partial charge is 0.208 e. The number of phenols is 2. The number of ether oxygens (including phenoxy) is 5. The van der Waals surface area contributed by atoms with Crippen molar-refractivity contribution < 1.29 is 33.9 Å². The van der Waals surface area contributed by atoms with Gasteiger partial charge < -0.3 is 33.9 Å². The lowest BCUT2D eigenvalue weighted by atomic mass is 10.2. The van der Waals surface area contributed by atoms with Gasteiger partial charge in [-0.1, -0.05) is 23.9 Å². The van der Waals surface area contributed by atoms with Gasteiger partial charge >= 0.3 is 0 Å². The Morgan fingerprint density at radius 2 is 1.17 bits per heavy atom. The van der Waals surface area contributed by atoms with E-state index in [2.05, 4.69) is 15.2 Å². The predicted molar refractivity (Wildman–Crippen MR) is 136 cm³/mol. The van der Waals surface area contributed by atoms with E-state index in [4.69, 9.17) is 23.7 Å². The summed E-state index contributed by atoms with van der Waals surface area (Å²) in [5.74, 6) is 0.572. The van der Waals surface area contributed by atoms with Gasteiger partial charge in [-0.15, -0.1) is 5.10 Å². The number of aromatic hydroxyl groups is 2. The van der Waals surface area contributed by atoms with Gasteiger partial charge in [0.2, 0.25) is 5.17 Å². The highest BCUT2D eigenvalue weighted by Crippen LogP contribution is 2.29. The van der Waals surface area contributed by atoms with E-state index < -0.39 is 0 Å². The first-order valence-corrected chi connectivity index (χ1v) is 12.2. The summed E-state index contributed by atoms with van der Waals surface area (Å²) >= 11 is 1.28. The fourth-order valence-corrected chi connectivity index (χ4v) is 3.15. The van der Waals surface area contributed by atoms with Gasteiger partial charge in [-0.3, -0.25) is 0 Å². The molecule has 0 atom stereocenters. The van der Waals surface area contributed by atoms with Crippen molar-refractivity contribution in [3.63, 3.8) is 0 Å². The molecule has 11 heteroatoms. The van der Waals surface area contributed by atoms with Crippen LogP contribution in [0, 0.1) is 0 Å². The number of phenolic OH excluding ortho intramolecular Hbond substituents is 2. The van der Waals surface area contributed by atoms with Crippen molar-refractivity contribution in [2.75, 3.05) is 59.1 Å². The normalized spacial score (nSPS) is 20.1. The van der Waals surface area contributed by atoms with Crippen LogP contribution in [0.15, 0.2) is 51.6 Å². The summed E-state index contributed by atoms with van der Waals surface area (Å²) in [5, 5.41) is 29.4. The minimum Gasteiger partial charge on any atom is -0.504 e. The highest BCUT2D eigenvalue weighted by Gasteiger charge is 2.08. The van der Waals surface area contributed by atoms with E-state index in [1.165, 1.54) is 24.2 Å². The summed E-state index contributed by atoms with van der Waals surface area (Å²) < 4.78 is 27.6. The van der Waals surface area contributed by atoms with Crippen molar-refractivity contribution in [2.45, 2.75) is 0 Å². The monoisotopic (exact) mass is 503 g/mol. The van der Waals surface area contributed by atoms with Crippen LogP contribution in [-0.4, -0.2) is 86.9 Å². The zero-order valence-corrected chi connectivity index (χ0v) is 20.3. The summed E-state index contributed by atoms with van der Waals surface area (Å²) in [6, 6.07) is 10.2. The van der Waals surface area contributed by atoms with E-state index in [-0.39, 0.29) is 24.7 Å². The minimum absolute atomic E-state index is 0.0317. The Labute approximate surface area is 208 Å². The maximum atomic E-state index is 10.5. The van der Waals surface area contributed by atoms with Crippen molar-refractivity contribution >= 4 is 29.4 Å². The molecule has 1 heterocycles. The molecule has 0 aliphatic carbocycles. The molecule has 1 aliphatic rings. The molecular formula is C24H29N3O7S. The first-order valence-electron chi connectivity index (χ1n) is 11.0. The Hall–Kier alpha value is -3.12. The number of amidine groups is 1. The number of rotatable bonds is 0. The number of thioether (sulfide) groups is 1. The molecule has 3 rings (SSSR count). The molecule has 0 unspecified atom stereocenters. The molecule has 4 bridgehead atoms. The molecule has 1 aliphatic heterocycles. The van der Waals surface area contributed by atoms with Crippen LogP contribution in [0.1, 0.15) is 11.1 Å². The van der Waals surface area contributed by atoms with Crippen molar-refractivity contribution in [2.24, 2.45) is 15.2 Å². The van der Waals surface area contributed by atoms with Crippen LogP contribution in [0.25, 0.3) is 0 Å². The molecule has 188 valence electrons. The van der Waals surface area contributed by atoms with E-state index >= 15 is 0 Å². The number of hydrogen-bond donors (Lipinski definition) is 2. The standard InChI is InChI=1S/C24H29N3O7S/c1-35-24-25-16-18-4-2-6-20(22(18)28)33-14-12-31-10-8-30-9-11-32-13-15-34-21-7-3-5-19(23(21)29)17-26-27-24/h2-7,16-17,28-29H,8-15H2,1H3/b25-16+,26-17+,27-24+. The van der Waals surface area contributed by atoms with Gasteiger partial charge in [0, 0.05) is 17.3 Å². The maximum Gasteiger partial charge on any atom is 0.208 e. The van der Waals surface area contributed by atoms with Crippen LogP contribution in [-0.2, 0) is 14.2 Å². The number of nitrogens with zero attached hydrogens (tertiary/aromatic N) is 3. The summed E-state index contributed by atoms with van der Waals surface area (Å²) in [6.07, 6.45) is 4.70. The Balaban J connectivity index is 1.76. The van der Waals surface area contributed by atoms with Crippen LogP contribution >= 0.6 is 11.8 Å². The number of aliphatic imine (C=N–C) groups is 1. The number of benzene rings is 2. The fraction of sp³-hybridized carbons (Fsp3) is 0.375. The minimum atomic E-state index is -0.0451. The Bertz CT molecular complexity index is 1030. The quantitative estimate of drug-likeness (QED) is 0.562. The predicted octanol–water partition coefficient (Wildman–Crippen LogP) is 3.09. The summed E-state index contributed by atoms with van der Waals surface area (Å²) in [5.41, 5.74) is 0.915. The van der Waals surface area contributed by atoms with Crippen LogP contribution in [0.4, 0.5) is 0 Å². The summed E-state index contributed by atoms with van der Waals surface area (Å²) in [6.45, 7) is 2.94. The Morgan fingerprint density at radius 3 is 1.69 bits per heavy atom. The van der Waals surface area contributed by atoms with Gasteiger partial charge in [0.1, 0.15) is 13.2 Å². The van der Waals surface area contributed by atoms with Gasteiger partial charge in [-0.05, 0) is 30.5 Å². The third-order valence-corrected chi connectivity index (χ3v) is 5.16. The molecule has 0 aromatic heterocycles. The molecule has 10 nitrogen and oxygen atoms in total. The van der Waals surface area contributed by atoms with Gasteiger partial charge in [-0.2, -0.15) is 5.10 Å². The molecule has 2 N–H and O–H groups in total. The van der Waals surface area contributed by atoms with Crippen LogP contribution < -0.4 is 9.47 Å². The topological polar surface area (TPSA) is 124 Å². The molecule has 0 saturated carbocycles. The highest BCUT2D eigenvalue weighted by molar-refractivity contribution is 8.13. The van der Waals surface area contributed by atoms with Gasteiger partial charge in [0.15, 0.2) is 23.0 Å². The Morgan fingerprint density at radius 1 is 0.686 bits per heavy atom. The lowest BCUT2D eigenvalue weighted by Crippen LogP contribution is -2.14. The van der Waals surface area contributed by atoms with Crippen molar-refractivity contribution in [3.05, 3.63) is 47.5 Å². The zero-order valence-electron chi connectivity index (χ0n) is 19.5. The van der Waals surface area contributed by atoms with Gasteiger partial charge in [-0.25, -0.2) is 4.99 Å². The van der Waals surface area contributed by atoms with E-state index in [0.717, 1.165) is 0 Å². The Kier molecular flexibility index (Phi) is 11.3. The number of fused-ring (bicyclic) bond motifs is 4. The first kappa shape index (κ1) is 26.5. The molecule has 0 amide bonds. The third kappa shape index (κ3) is 8.87. The number of hydrogen-bond acceptors (Lipinski definition) is 11. The summed E-state index contributed by atoms with van der Waals surface area (Å²) in [7, 11) is 0. The van der Waals surface area contributed by atoms with Crippen LogP contribution in [0.5, 0.6) is 23.0 Å². The van der Waals surface area contributed by atoms with Crippen molar-refractivity contribution in [3.8, 4) is 23.0 Å². The number of para-hydroxylation sites is 2. The average molecular weight is 504 g/mol. The average Bonchev–Trinajstić information content (AvgIpc) is 2.86. The second kappa shape index (κ2) is 15.0. The molecular weight excluding hydrogens is 474 g/mol. The van der Waals surface area contributed by atoms with Crippen molar-refractivity contribution in [1.82, 2.24) is 0 Å². The van der Waals surface area contributed by atoms with E-state index in [1.54, 1.807) is 42.7 Å². The molecule has 0 fully saturated rings. The molecule has 0 saturated heterocycles. The molecule has 35 heavy (non-hydrogen) atoms. The van der Waals surface area contributed by atoms with Crippen LogP contribution in [0.2, 0.25) is 0 Å². The second-order valence-electron chi connectivity index (χ2n) is 7.01. The van der Waals surface area contributed by atoms with Crippen molar-refractivity contribution in [1.29, 1.82) is 0 Å². The van der Waals surface area contributed by atoms with E-state index in [9.17, 15) is 10.2 Å². The lowest BCUT2D eigenvalue weighted by molar-refractivity contribution is 0.00479. The van der Waals surface area contributed by atoms with E-state index in [0.29, 0.717) is 67.4 Å². The molecule has 0 radical (unpaired) electrons. The first-order chi connectivity index (χ1) is 17.2. The highest BCUT2D eigenvalue weighted by atomic mass is 32.2. The second-order valence-corrected chi connectivity index (χ2v) is 7.78. The lowest BCUT2D eigenvalue weighted by Gasteiger charge is -2.11. The van der Waals surface area contributed by atoms with Crippen LogP contribution in [0.3, 0.4) is 0 Å². The van der Waals surface area contributed by atoms with Gasteiger partial charge in [0.05, 0.1) is 45.9 Å². The largest absolute Gasteiger partial charge is 0.504 e. The molecule has 2 aromatic carbocycles. The van der Waals surface area contributed by atoms with Gasteiger partial charge in [0.25, 0.3) is 0 Å². The zero-order chi connectivity index (χ0) is 24.7. The fourth-order valence-electron chi connectivity index (χ4n) is 2.87. The maximum absolute atomic E-state index is 10.5. The summed E-state index contributed by atoms with van der Waals surface area (Å²) in [4.78, 5) is 4.29. The third-order valence-electron chi connectivity index (χ3n) is 4.61. The molecule has 0 spiro atoms. The SMILES string of the molecule is CSC1=N/N=C/c2cccc(c2O)OCCOCCOCCOCCOc2cccc(c2O)\C=N\1.